The van der Waals surface area contributed by atoms with Crippen molar-refractivity contribution in [3.8, 4) is 0 Å². The molecule has 0 saturated heterocycles. The van der Waals surface area contributed by atoms with E-state index in [4.69, 9.17) is 0 Å². The van der Waals surface area contributed by atoms with E-state index < -0.39 is 0 Å². The number of rotatable bonds is 1. The van der Waals surface area contributed by atoms with Gasteiger partial charge in [0, 0.05) is 10.2 Å². The van der Waals surface area contributed by atoms with E-state index in [-0.39, 0.29) is 51.0 Å². The van der Waals surface area contributed by atoms with Gasteiger partial charge in [0.1, 0.15) is 0 Å². The Hall–Kier alpha value is -2.22. The molecule has 2 aliphatic rings. The van der Waals surface area contributed by atoms with Crippen LogP contribution >= 0.6 is 0 Å². The van der Waals surface area contributed by atoms with Crippen LogP contribution in [-0.4, -0.2) is 10.2 Å². The van der Waals surface area contributed by atoms with Gasteiger partial charge in [-0.25, -0.2) is 0 Å². The zero-order valence-corrected chi connectivity index (χ0v) is 27.8. The van der Waals surface area contributed by atoms with Crippen molar-refractivity contribution in [2.75, 3.05) is 0 Å². The molecule has 7 rings (SSSR count). The standard InChI is InChI=1S/2C14H11.C7H9Si.2ClH.Zr/c2*1-10-8-12-7-6-11-4-2-3-5-13(11)14(12)9-10;8-6-7-4-2-1-3-5-7;;;/h2*2-7H,8H2,1H3;1-5H,6,8H2;2*1H;/q2*-1;;;;+4/p-2. The van der Waals surface area contributed by atoms with Gasteiger partial charge in [-0.15, -0.1) is 57.3 Å². The number of halogens is 2. The van der Waals surface area contributed by atoms with E-state index in [1.807, 2.05) is 16.3 Å². The first-order chi connectivity index (χ1) is 17.6. The van der Waals surface area contributed by atoms with Crippen molar-refractivity contribution in [1.29, 1.82) is 0 Å². The maximum Gasteiger partial charge on any atom is 4.00 e. The Balaban J connectivity index is 0.000000205. The molecule has 39 heavy (non-hydrogen) atoms. The molecule has 193 valence electrons. The minimum Gasteiger partial charge on any atom is -1.00 e. The molecule has 0 nitrogen and oxygen atoms in total. The SMILES string of the molecule is CC1=[C-]c2c(ccc3ccccc23)C1.CC1=[C-]c2c(ccc3ccccc23)C1.[Cl-].[Cl-].[SiH2]Cc1ccccc1.[Zr+4]. The first-order valence-corrected chi connectivity index (χ1v) is 13.7. The number of fused-ring (bicyclic) bond motifs is 6. The molecule has 1 radical (unpaired) electrons. The molecule has 0 atom stereocenters. The smallest absolute Gasteiger partial charge is 1.00 e. The van der Waals surface area contributed by atoms with Gasteiger partial charge in [-0.05, 0) is 6.04 Å². The van der Waals surface area contributed by atoms with Crippen molar-refractivity contribution in [1.82, 2.24) is 0 Å². The summed E-state index contributed by atoms with van der Waals surface area (Å²) in [6.45, 7) is 4.30. The zero-order chi connectivity index (χ0) is 24.9. The van der Waals surface area contributed by atoms with Gasteiger partial charge in [0.15, 0.2) is 0 Å². The van der Waals surface area contributed by atoms with Crippen molar-refractivity contribution >= 4 is 31.8 Å². The molecule has 0 unspecified atom stereocenters. The minimum atomic E-state index is 0. The summed E-state index contributed by atoms with van der Waals surface area (Å²) in [6.07, 6.45) is 9.05. The van der Waals surface area contributed by atoms with Crippen LogP contribution < -0.4 is 24.8 Å². The average Bonchev–Trinajstić information content (AvgIpc) is 3.51. The first kappa shape index (κ1) is 33.0. The maximum absolute atomic E-state index is 3.46. The van der Waals surface area contributed by atoms with Crippen LogP contribution in [0.4, 0.5) is 0 Å². The second-order valence-electron chi connectivity index (χ2n) is 9.54. The second-order valence-corrected chi connectivity index (χ2v) is 10.0. The Bertz CT molecular complexity index is 1490. The zero-order valence-electron chi connectivity index (χ0n) is 22.4. The van der Waals surface area contributed by atoms with E-state index in [1.165, 1.54) is 66.6 Å². The third kappa shape index (κ3) is 7.92. The normalized spacial score (nSPS) is 12.1. The third-order valence-corrected chi connectivity index (χ3v) is 7.33. The fraction of sp³-hybridized carbons (Fsp3) is 0.143. The van der Waals surface area contributed by atoms with E-state index >= 15 is 0 Å². The topological polar surface area (TPSA) is 0 Å². The molecule has 0 aromatic heterocycles. The number of allylic oxidation sites excluding steroid dienone is 2. The summed E-state index contributed by atoms with van der Waals surface area (Å²) < 4.78 is 0. The molecule has 0 N–H and O–H groups in total. The molecule has 5 aromatic rings. The molecule has 0 heterocycles. The Labute approximate surface area is 268 Å². The molecular weight excluding hydrogens is 611 g/mol. The van der Waals surface area contributed by atoms with Crippen molar-refractivity contribution in [3.05, 3.63) is 154 Å². The summed E-state index contributed by atoms with van der Waals surface area (Å²) in [6, 6.07) is 37.5. The average molecular weight is 642 g/mol. The minimum absolute atomic E-state index is 0. The fourth-order valence-electron chi connectivity index (χ4n) is 4.95. The Morgan fingerprint density at radius 2 is 0.974 bits per heavy atom. The molecule has 2 aliphatic carbocycles. The van der Waals surface area contributed by atoms with Crippen LogP contribution in [0.5, 0.6) is 0 Å². The fourth-order valence-corrected chi connectivity index (χ4v) is 5.29. The Kier molecular flexibility index (Phi) is 13.1. The molecule has 0 bridgehead atoms. The van der Waals surface area contributed by atoms with Gasteiger partial charge in [-0.3, -0.25) is 0 Å². The molecule has 0 aliphatic heterocycles. The molecule has 4 heteroatoms. The van der Waals surface area contributed by atoms with E-state index in [0.29, 0.717) is 0 Å². The van der Waals surface area contributed by atoms with Crippen LogP contribution in [0.25, 0.3) is 21.5 Å². The summed E-state index contributed by atoms with van der Waals surface area (Å²) in [5.74, 6) is 0. The first-order valence-electron chi connectivity index (χ1n) is 12.7. The molecule has 0 spiro atoms. The van der Waals surface area contributed by atoms with Gasteiger partial charge in [-0.1, -0.05) is 122 Å². The quantitative estimate of drug-likeness (QED) is 0.194. The summed E-state index contributed by atoms with van der Waals surface area (Å²) in [4.78, 5) is 0. The van der Waals surface area contributed by atoms with Crippen LogP contribution in [0.15, 0.2) is 114 Å². The van der Waals surface area contributed by atoms with Gasteiger partial charge >= 0.3 is 26.2 Å². The van der Waals surface area contributed by atoms with Crippen molar-refractivity contribution in [3.63, 3.8) is 0 Å². The van der Waals surface area contributed by atoms with Crippen molar-refractivity contribution in [2.24, 2.45) is 0 Å². The van der Waals surface area contributed by atoms with Crippen molar-refractivity contribution in [2.45, 2.75) is 32.7 Å². The third-order valence-electron chi connectivity index (χ3n) is 6.75. The van der Waals surface area contributed by atoms with Crippen LogP contribution in [0.2, 0.25) is 0 Å². The van der Waals surface area contributed by atoms with Crippen LogP contribution in [0.3, 0.4) is 0 Å². The van der Waals surface area contributed by atoms with E-state index in [0.717, 1.165) is 12.8 Å². The predicted octanol–water partition coefficient (Wildman–Crippen LogP) is 1.81. The number of benzene rings is 5. The largest absolute Gasteiger partial charge is 4.00 e. The van der Waals surface area contributed by atoms with Gasteiger partial charge in [0.05, 0.1) is 0 Å². The van der Waals surface area contributed by atoms with Crippen LogP contribution in [-0.2, 0) is 45.1 Å². The molecule has 0 fully saturated rings. The molecular formula is C35H31Cl2SiZr. The van der Waals surface area contributed by atoms with Crippen molar-refractivity contribution < 1.29 is 51.0 Å². The van der Waals surface area contributed by atoms with E-state index in [1.54, 1.807) is 0 Å². The molecule has 0 saturated carbocycles. The summed E-state index contributed by atoms with van der Waals surface area (Å²) >= 11 is 0. The maximum atomic E-state index is 3.46. The number of hydrogen-bond acceptors (Lipinski definition) is 0. The van der Waals surface area contributed by atoms with E-state index in [9.17, 15) is 0 Å². The van der Waals surface area contributed by atoms with Gasteiger partial charge < -0.3 is 24.8 Å². The van der Waals surface area contributed by atoms with Gasteiger partial charge in [0.2, 0.25) is 0 Å². The summed E-state index contributed by atoms with van der Waals surface area (Å²) in [7, 11) is 1.98. The molecule has 5 aromatic carbocycles. The summed E-state index contributed by atoms with van der Waals surface area (Å²) in [5, 5.41) is 5.30. The molecule has 0 amide bonds. The van der Waals surface area contributed by atoms with Crippen LogP contribution in [0.1, 0.15) is 41.7 Å². The van der Waals surface area contributed by atoms with E-state index in [2.05, 4.69) is 123 Å². The monoisotopic (exact) mass is 639 g/mol. The second kappa shape index (κ2) is 15.5. The predicted molar refractivity (Wildman–Crippen MR) is 157 cm³/mol. The Morgan fingerprint density at radius 3 is 1.38 bits per heavy atom. The van der Waals surface area contributed by atoms with Gasteiger partial charge in [0.25, 0.3) is 0 Å². The Morgan fingerprint density at radius 1 is 0.564 bits per heavy atom. The van der Waals surface area contributed by atoms with Crippen LogP contribution in [0, 0.1) is 12.2 Å². The summed E-state index contributed by atoms with van der Waals surface area (Å²) in [5.41, 5.74) is 9.56. The number of hydrogen-bond donors (Lipinski definition) is 0. The van der Waals surface area contributed by atoms with Gasteiger partial charge in [-0.2, -0.15) is 23.3 Å².